The van der Waals surface area contributed by atoms with E-state index in [1.54, 1.807) is 24.3 Å². The Kier molecular flexibility index (Phi) is 9.30. The van der Waals surface area contributed by atoms with Crippen molar-refractivity contribution < 1.29 is 58.5 Å². The topological polar surface area (TPSA) is 105 Å². The van der Waals surface area contributed by atoms with Crippen molar-refractivity contribution >= 4 is 72.4 Å². The molecular weight excluding hydrogens is 721 g/mol. The van der Waals surface area contributed by atoms with Gasteiger partial charge in [0.05, 0.1) is 19.8 Å². The maximum atomic E-state index is 13.8. The van der Waals surface area contributed by atoms with Crippen LogP contribution in [-0.2, 0) is 29.5 Å². The zero-order chi connectivity index (χ0) is 35.8. The second-order valence-corrected chi connectivity index (χ2v) is 15.7. The fourth-order valence-corrected chi connectivity index (χ4v) is 8.74. The average molecular weight is 747 g/mol. The quantitative estimate of drug-likeness (QED) is 0.0359. The molecule has 6 rings (SSSR count). The van der Waals surface area contributed by atoms with Crippen molar-refractivity contribution in [1.29, 1.82) is 0 Å². The first-order valence-electron chi connectivity index (χ1n) is 14.0. The Bertz CT molecular complexity index is 2180. The Labute approximate surface area is 279 Å². The van der Waals surface area contributed by atoms with Crippen molar-refractivity contribution in [2.75, 3.05) is 27.4 Å². The van der Waals surface area contributed by atoms with Crippen LogP contribution in [0.2, 0.25) is 0 Å². The zero-order valence-corrected chi connectivity index (χ0v) is 27.9. The Morgan fingerprint density at radius 3 is 1.94 bits per heavy atom. The summed E-state index contributed by atoms with van der Waals surface area (Å²) in [5, 5.41) is 1.07. The minimum atomic E-state index is -10.7. The molecule has 0 radical (unpaired) electrons. The van der Waals surface area contributed by atoms with Crippen molar-refractivity contribution in [3.05, 3.63) is 94.7 Å². The molecule has 0 saturated carbocycles. The van der Waals surface area contributed by atoms with Crippen LogP contribution in [0.1, 0.15) is 10.4 Å². The van der Waals surface area contributed by atoms with Gasteiger partial charge in [0, 0.05) is 26.2 Å². The van der Waals surface area contributed by atoms with Crippen LogP contribution in [-0.4, -0.2) is 50.0 Å². The van der Waals surface area contributed by atoms with E-state index in [-0.39, 0.29) is 24.4 Å². The summed E-state index contributed by atoms with van der Waals surface area (Å²) < 4.78 is 81.2. The fourth-order valence-electron chi connectivity index (χ4n) is 5.01. The maximum absolute atomic E-state index is 13.8. The summed E-state index contributed by atoms with van der Waals surface area (Å²) in [4.78, 5) is 53.3. The van der Waals surface area contributed by atoms with Crippen LogP contribution in [0.5, 0.6) is 11.5 Å². The predicted molar refractivity (Wildman–Crippen MR) is 177 cm³/mol. The summed E-state index contributed by atoms with van der Waals surface area (Å²) in [5.41, 5.74) is 0.396. The van der Waals surface area contributed by atoms with Gasteiger partial charge >= 0.3 is 44.9 Å². The summed E-state index contributed by atoms with van der Waals surface area (Å²) in [5.74, 6) is -0.694. The summed E-state index contributed by atoms with van der Waals surface area (Å²) in [6.45, 7) is -0.514. The molecule has 8 nitrogen and oxygen atoms in total. The molecule has 1 aliphatic heterocycles. The number of ether oxygens (including phenoxy) is 4. The molecule has 2 aliphatic rings. The van der Waals surface area contributed by atoms with Gasteiger partial charge in [-0.3, -0.25) is 9.59 Å². The van der Waals surface area contributed by atoms with Crippen LogP contribution in [0.3, 0.4) is 0 Å². The van der Waals surface area contributed by atoms with Crippen LogP contribution >= 0.6 is 19.1 Å². The minimum absolute atomic E-state index is 0.0409. The molecule has 3 aromatic carbocycles. The number of Topliss-reactive ketones (excluding diaryl/α,β-unsaturated/α-hetero) is 1. The Morgan fingerprint density at radius 1 is 0.776 bits per heavy atom. The molecule has 2 atom stereocenters. The molecule has 0 amide bonds. The summed E-state index contributed by atoms with van der Waals surface area (Å²) in [6.07, 6.45) is 7.68. The molecule has 2 heterocycles. The van der Waals surface area contributed by atoms with Gasteiger partial charge in [-0.25, -0.2) is 9.59 Å². The third-order valence-corrected chi connectivity index (χ3v) is 10.8. The molecule has 1 aliphatic carbocycles. The summed E-state index contributed by atoms with van der Waals surface area (Å²) in [6, 6.07) is 16.4. The first-order chi connectivity index (χ1) is 22.8. The molecule has 49 heavy (non-hydrogen) atoms. The molecule has 0 saturated heterocycles. The van der Waals surface area contributed by atoms with Crippen LogP contribution in [0, 0.1) is 5.92 Å². The van der Waals surface area contributed by atoms with Crippen molar-refractivity contribution in [2.45, 2.75) is 9.79 Å². The van der Waals surface area contributed by atoms with E-state index < -0.39 is 36.1 Å². The van der Waals surface area contributed by atoms with E-state index in [2.05, 4.69) is 9.47 Å². The number of thiol groups is 1. The van der Waals surface area contributed by atoms with Gasteiger partial charge < -0.3 is 18.9 Å². The Morgan fingerprint density at radius 2 is 1.33 bits per heavy atom. The van der Waals surface area contributed by atoms with Gasteiger partial charge in [0.25, 0.3) is 0 Å². The second-order valence-electron chi connectivity index (χ2n) is 10.5. The van der Waals surface area contributed by atoms with E-state index in [0.717, 1.165) is 24.1 Å². The monoisotopic (exact) mass is 746 g/mol. The molecule has 0 fully saturated rings. The number of hydrogen-bond acceptors (Lipinski definition) is 9. The fraction of sp³-hybridized carbons (Fsp3) is 0.156. The summed E-state index contributed by atoms with van der Waals surface area (Å²) >= 11 is 1.50. The van der Waals surface area contributed by atoms with Crippen LogP contribution in [0.25, 0.3) is 20.2 Å². The van der Waals surface area contributed by atoms with Crippen LogP contribution in [0.4, 0.5) is 25.2 Å². The van der Waals surface area contributed by atoms with Gasteiger partial charge in [0.2, 0.25) is 0 Å². The number of hydrogen-bond donors (Lipinski definition) is 0. The first kappa shape index (κ1) is 35.8. The van der Waals surface area contributed by atoms with Crippen molar-refractivity contribution in [3.63, 3.8) is 0 Å². The Balaban J connectivity index is 0.000000606. The number of methoxy groups -OCH3 is 2. The molecule has 1 aromatic heterocycles. The third kappa shape index (κ3) is 8.94. The number of ketones is 1. The Hall–Kier alpha value is -4.53. The molecule has 0 spiro atoms. The number of esters is 2. The molecule has 2 unspecified atom stereocenters. The molecule has 4 aromatic rings. The number of fused-ring (bicyclic) bond motifs is 4. The van der Waals surface area contributed by atoms with Gasteiger partial charge in [-0.2, -0.15) is 0 Å². The first-order valence-corrected chi connectivity index (χ1v) is 18.2. The number of rotatable bonds is 7. The number of benzene rings is 3. The van der Waals surface area contributed by atoms with Crippen molar-refractivity contribution in [1.82, 2.24) is 0 Å². The van der Waals surface area contributed by atoms with E-state index in [4.69, 9.17) is 9.47 Å². The van der Waals surface area contributed by atoms with E-state index in [0.29, 0.717) is 27.8 Å². The number of carbonyl (C=O) groups excluding carboxylic acids is 3. The van der Waals surface area contributed by atoms with Crippen molar-refractivity contribution in [2.24, 2.45) is 5.92 Å². The van der Waals surface area contributed by atoms with E-state index in [1.165, 1.54) is 25.6 Å². The normalized spacial score (nSPS) is 18.0. The molecular formula is C32H25F6O8PS2. The average Bonchev–Trinajstić information content (AvgIpc) is 3.05. The van der Waals surface area contributed by atoms with Crippen LogP contribution in [0.15, 0.2) is 93.5 Å². The molecule has 0 bridgehead atoms. The van der Waals surface area contributed by atoms with Gasteiger partial charge in [0.1, 0.15) is 32.1 Å². The van der Waals surface area contributed by atoms with Crippen molar-refractivity contribution in [3.8, 4) is 11.5 Å². The van der Waals surface area contributed by atoms with Crippen LogP contribution < -0.4 is 14.9 Å². The van der Waals surface area contributed by atoms with Gasteiger partial charge in [-0.1, -0.05) is 28.7 Å². The molecule has 0 N–H and O–H groups in total. The van der Waals surface area contributed by atoms with Gasteiger partial charge in [-0.05, 0) is 54.6 Å². The molecule has 260 valence electrons. The standard InChI is InChI=1S/C32H24O8S2.F6P/c1-37-29(33)16-39-18-7-10-25-22(13-18)32(36)23-15-20(9-11-26(23)41-25)42-27-6-4-3-5-21(27)31(35)24-14-19(8-12-28(24)42)40-17-30(34)38-2;1-7(2,3,4,5)6/h3-15,21H,16-17H2,1-2H3;/q;-1/p+1. The second kappa shape index (κ2) is 12.7. The van der Waals surface area contributed by atoms with Gasteiger partial charge in [0.15, 0.2) is 24.4 Å². The van der Waals surface area contributed by atoms with E-state index >= 15 is 0 Å². The number of carbonyl (C=O) groups is 3. The van der Waals surface area contributed by atoms with Gasteiger partial charge in [-0.15, -0.1) is 11.3 Å². The zero-order valence-electron chi connectivity index (χ0n) is 25.3. The third-order valence-electron chi connectivity index (χ3n) is 7.07. The number of halogens is 6. The van der Waals surface area contributed by atoms with E-state index in [9.17, 15) is 44.4 Å². The SMILES string of the molecule is COC(=O)COc1ccc2c(c1)C(=O)C1C=CC=CC1=[SH+]2c1ccc2sc3ccc(OCC(=O)OC)cc3c(=O)c2c1.F[P-](F)(F)(F)(F)F. The predicted octanol–water partition coefficient (Wildman–Crippen LogP) is 7.78. The molecule has 17 heteroatoms. The van der Waals surface area contributed by atoms with E-state index in [1.807, 2.05) is 54.6 Å². The summed E-state index contributed by atoms with van der Waals surface area (Å²) in [7, 11) is -9.24. The number of allylic oxidation sites excluding steroid dienone is 4.